The lowest BCUT2D eigenvalue weighted by atomic mass is 10.6. The number of nitrogens with zero attached hydrogens (tertiary/aromatic N) is 1. The summed E-state index contributed by atoms with van der Waals surface area (Å²) in [6.07, 6.45) is -2.77. The molecule has 1 aromatic rings. The molecule has 0 atom stereocenters. The number of carboxylic acid groups (broad SMARTS) is 1. The number of alkyl halides is 2. The average molecular weight is 214 g/mol. The summed E-state index contributed by atoms with van der Waals surface area (Å²) >= 11 is 5.62. The lowest BCUT2D eigenvalue weighted by molar-refractivity contribution is 0.0696. The summed E-state index contributed by atoms with van der Waals surface area (Å²) in [5, 5.41) is 7.49. The Morgan fingerprint density at radius 2 is 2.25 bits per heavy atom. The third-order valence-corrected chi connectivity index (χ3v) is 2.44. The maximum atomic E-state index is 12.0. The molecule has 0 bridgehead atoms. The Balaban J connectivity index is 3.09. The molecule has 0 saturated heterocycles. The summed E-state index contributed by atoms with van der Waals surface area (Å²) in [5.41, 5.74) is 0. The Bertz CT molecular complexity index is 314. The molecule has 1 rings (SSSR count). The zero-order chi connectivity index (χ0) is 9.30. The van der Waals surface area contributed by atoms with Gasteiger partial charge in [0.05, 0.1) is 0 Å². The molecule has 12 heavy (non-hydrogen) atoms. The van der Waals surface area contributed by atoms with Gasteiger partial charge in [0.25, 0.3) is 6.43 Å². The van der Waals surface area contributed by atoms with Gasteiger partial charge in [0.15, 0.2) is 0 Å². The predicted molar refractivity (Wildman–Crippen MR) is 39.0 cm³/mol. The highest BCUT2D eigenvalue weighted by atomic mass is 35.5. The van der Waals surface area contributed by atoms with Gasteiger partial charge in [-0.2, -0.15) is 0 Å². The van der Waals surface area contributed by atoms with Crippen LogP contribution in [0.15, 0.2) is 0 Å². The van der Waals surface area contributed by atoms with Crippen LogP contribution in [0, 0.1) is 0 Å². The molecule has 1 heterocycles. The molecule has 66 valence electrons. The molecule has 3 nitrogen and oxygen atoms in total. The first-order valence-electron chi connectivity index (χ1n) is 2.70. The molecule has 0 radical (unpaired) electrons. The van der Waals surface area contributed by atoms with E-state index in [2.05, 4.69) is 4.98 Å². The number of halogens is 3. The fraction of sp³-hybridized carbons (Fsp3) is 0.200. The van der Waals surface area contributed by atoms with Crippen molar-refractivity contribution >= 4 is 28.9 Å². The van der Waals surface area contributed by atoms with Crippen molar-refractivity contribution in [2.24, 2.45) is 0 Å². The molecule has 0 aliphatic carbocycles. The van der Waals surface area contributed by atoms with Crippen molar-refractivity contribution in [1.82, 2.24) is 4.98 Å². The molecule has 7 heteroatoms. The minimum Gasteiger partial charge on any atom is -0.476 e. The third-order valence-electron chi connectivity index (χ3n) is 0.991. The molecule has 0 fully saturated rings. The molecule has 1 aromatic heterocycles. The molecule has 0 saturated carbocycles. The summed E-state index contributed by atoms with van der Waals surface area (Å²) in [6, 6.07) is 0. The number of aromatic carboxylic acids is 1. The molecule has 0 aromatic carbocycles. The maximum Gasteiger partial charge on any atom is 0.365 e. The van der Waals surface area contributed by atoms with Gasteiger partial charge >= 0.3 is 5.97 Å². The lowest BCUT2D eigenvalue weighted by Crippen LogP contribution is -1.93. The molecule has 0 spiro atoms. The van der Waals surface area contributed by atoms with E-state index in [1.165, 1.54) is 0 Å². The van der Waals surface area contributed by atoms with E-state index in [1.54, 1.807) is 0 Å². The predicted octanol–water partition coefficient (Wildman–Crippen LogP) is 2.43. The third kappa shape index (κ3) is 1.70. The van der Waals surface area contributed by atoms with Crippen LogP contribution in [0.5, 0.6) is 0 Å². The topological polar surface area (TPSA) is 50.2 Å². The maximum absolute atomic E-state index is 12.0. The highest BCUT2D eigenvalue weighted by molar-refractivity contribution is 7.14. The molecule has 0 aliphatic heterocycles. The van der Waals surface area contributed by atoms with Gasteiger partial charge in [0.1, 0.15) is 10.0 Å². The molecule has 0 unspecified atom stereocenters. The lowest BCUT2D eigenvalue weighted by Gasteiger charge is -1.89. The molecule has 0 aliphatic rings. The normalized spacial score (nSPS) is 10.7. The van der Waals surface area contributed by atoms with Crippen LogP contribution in [-0.2, 0) is 0 Å². The zero-order valence-electron chi connectivity index (χ0n) is 5.42. The number of rotatable bonds is 2. The van der Waals surface area contributed by atoms with Gasteiger partial charge in [-0.3, -0.25) is 0 Å². The number of hydrogen-bond donors (Lipinski definition) is 1. The van der Waals surface area contributed by atoms with Crippen LogP contribution in [0.2, 0.25) is 5.15 Å². The van der Waals surface area contributed by atoms with E-state index < -0.39 is 27.4 Å². The Morgan fingerprint density at radius 3 is 2.50 bits per heavy atom. The van der Waals surface area contributed by atoms with Crippen molar-refractivity contribution in [2.75, 3.05) is 0 Å². The fourth-order valence-electron chi connectivity index (χ4n) is 0.539. The van der Waals surface area contributed by atoms with E-state index in [0.717, 1.165) is 0 Å². The Morgan fingerprint density at radius 1 is 1.67 bits per heavy atom. The van der Waals surface area contributed by atoms with Gasteiger partial charge in [0.2, 0.25) is 5.01 Å². The first-order chi connectivity index (χ1) is 5.52. The molecule has 0 amide bonds. The van der Waals surface area contributed by atoms with Crippen LogP contribution in [0.1, 0.15) is 21.1 Å². The smallest absolute Gasteiger partial charge is 0.365 e. The summed E-state index contributed by atoms with van der Waals surface area (Å²) in [6.45, 7) is 0. The standard InChI is InChI=1S/C5H2ClF2NO2S/c6-2-1(3(7)8)12-4(9-2)5(10)11/h3H,(H,10,11). The van der Waals surface area contributed by atoms with E-state index >= 15 is 0 Å². The Kier molecular flexibility index (Phi) is 2.58. The number of aromatic nitrogens is 1. The van der Waals surface area contributed by atoms with Crippen LogP contribution in [0.3, 0.4) is 0 Å². The highest BCUT2D eigenvalue weighted by Gasteiger charge is 2.20. The molecular formula is C5H2ClF2NO2S. The van der Waals surface area contributed by atoms with Crippen LogP contribution >= 0.6 is 22.9 Å². The van der Waals surface area contributed by atoms with Crippen molar-refractivity contribution in [2.45, 2.75) is 6.43 Å². The average Bonchev–Trinajstić information content (AvgIpc) is 2.30. The summed E-state index contributed by atoms with van der Waals surface area (Å²) in [7, 11) is 0. The van der Waals surface area contributed by atoms with Gasteiger partial charge in [0, 0.05) is 0 Å². The Labute approximate surface area is 74.6 Å². The summed E-state index contributed by atoms with van der Waals surface area (Å²) in [5.74, 6) is -1.35. The van der Waals surface area contributed by atoms with Crippen LogP contribution < -0.4 is 0 Å². The van der Waals surface area contributed by atoms with Crippen molar-refractivity contribution < 1.29 is 18.7 Å². The quantitative estimate of drug-likeness (QED) is 0.821. The van der Waals surface area contributed by atoms with E-state index in [0.29, 0.717) is 11.3 Å². The van der Waals surface area contributed by atoms with Gasteiger partial charge < -0.3 is 5.11 Å². The minimum absolute atomic E-state index is 0.383. The highest BCUT2D eigenvalue weighted by Crippen LogP contribution is 2.32. The van der Waals surface area contributed by atoms with Gasteiger partial charge in [-0.15, -0.1) is 11.3 Å². The number of carbonyl (C=O) groups is 1. The monoisotopic (exact) mass is 213 g/mol. The summed E-state index contributed by atoms with van der Waals surface area (Å²) < 4.78 is 24.0. The van der Waals surface area contributed by atoms with Crippen LogP contribution in [-0.4, -0.2) is 16.1 Å². The van der Waals surface area contributed by atoms with Crippen LogP contribution in [0.25, 0.3) is 0 Å². The number of thiazole rings is 1. The molecule has 1 N–H and O–H groups in total. The first-order valence-corrected chi connectivity index (χ1v) is 3.89. The van der Waals surface area contributed by atoms with E-state index in [4.69, 9.17) is 16.7 Å². The van der Waals surface area contributed by atoms with Crippen molar-refractivity contribution in [1.29, 1.82) is 0 Å². The SMILES string of the molecule is O=C(O)c1nc(Cl)c(C(F)F)s1. The van der Waals surface area contributed by atoms with E-state index in [-0.39, 0.29) is 0 Å². The second-order valence-electron chi connectivity index (χ2n) is 1.78. The minimum atomic E-state index is -2.77. The van der Waals surface area contributed by atoms with Gasteiger partial charge in [-0.25, -0.2) is 18.6 Å². The van der Waals surface area contributed by atoms with Gasteiger partial charge in [-0.05, 0) is 0 Å². The van der Waals surface area contributed by atoms with E-state index in [9.17, 15) is 13.6 Å². The summed E-state index contributed by atoms with van der Waals surface area (Å²) in [4.78, 5) is 13.0. The second-order valence-corrected chi connectivity index (χ2v) is 3.17. The largest absolute Gasteiger partial charge is 0.476 e. The zero-order valence-corrected chi connectivity index (χ0v) is 6.99. The van der Waals surface area contributed by atoms with Crippen molar-refractivity contribution in [3.63, 3.8) is 0 Å². The van der Waals surface area contributed by atoms with Crippen molar-refractivity contribution in [3.05, 3.63) is 15.0 Å². The second kappa shape index (κ2) is 3.32. The first kappa shape index (κ1) is 9.34. The molecular weight excluding hydrogens is 212 g/mol. The van der Waals surface area contributed by atoms with Gasteiger partial charge in [-0.1, -0.05) is 11.6 Å². The van der Waals surface area contributed by atoms with E-state index in [1.807, 2.05) is 0 Å². The van der Waals surface area contributed by atoms with Crippen molar-refractivity contribution in [3.8, 4) is 0 Å². The number of carboxylic acids is 1. The fourth-order valence-corrected chi connectivity index (χ4v) is 1.52. The van der Waals surface area contributed by atoms with Crippen LogP contribution in [0.4, 0.5) is 8.78 Å². The number of hydrogen-bond acceptors (Lipinski definition) is 3. The Hall–Kier alpha value is -0.750.